The number of hydrogen-bond donors (Lipinski definition) is 1. The monoisotopic (exact) mass is 242 g/mol. The maximum atomic E-state index is 11.6. The Hall–Kier alpha value is -1.26. The second-order valence-electron chi connectivity index (χ2n) is 3.60. The average Bonchev–Trinajstić information content (AvgIpc) is 2.26. The van der Waals surface area contributed by atoms with Crippen molar-refractivity contribution >= 4 is 24.0 Å². The van der Waals surface area contributed by atoms with Gasteiger partial charge >= 0.3 is 0 Å². The van der Waals surface area contributed by atoms with Gasteiger partial charge in [0.25, 0.3) is 0 Å². The highest BCUT2D eigenvalue weighted by Gasteiger charge is 2.26. The number of benzene rings is 1. The summed E-state index contributed by atoms with van der Waals surface area (Å²) in [5, 5.41) is 0. The van der Waals surface area contributed by atoms with Crippen LogP contribution in [0.25, 0.3) is 0 Å². The SMILES string of the molecule is CC1CN(C(=O)CN)c2ccccc2O1.Cl. The molecule has 16 heavy (non-hydrogen) atoms. The number of amides is 1. The first-order valence-corrected chi connectivity index (χ1v) is 4.98. The van der Waals surface area contributed by atoms with Gasteiger partial charge in [0, 0.05) is 0 Å². The van der Waals surface area contributed by atoms with E-state index in [0.29, 0.717) is 6.54 Å². The number of nitrogens with two attached hydrogens (primary N) is 1. The Labute approximate surface area is 101 Å². The van der Waals surface area contributed by atoms with Crippen LogP contribution in [-0.2, 0) is 4.79 Å². The van der Waals surface area contributed by atoms with Crippen molar-refractivity contribution in [2.75, 3.05) is 18.0 Å². The Morgan fingerprint density at radius 2 is 2.25 bits per heavy atom. The highest BCUT2D eigenvalue weighted by molar-refractivity contribution is 5.96. The van der Waals surface area contributed by atoms with E-state index in [-0.39, 0.29) is 31.0 Å². The molecule has 0 spiro atoms. The summed E-state index contributed by atoms with van der Waals surface area (Å²) in [6, 6.07) is 7.51. The second kappa shape index (κ2) is 5.18. The van der Waals surface area contributed by atoms with Gasteiger partial charge in [-0.2, -0.15) is 0 Å². The van der Waals surface area contributed by atoms with Crippen LogP contribution in [0, 0.1) is 0 Å². The maximum Gasteiger partial charge on any atom is 0.240 e. The lowest BCUT2D eigenvalue weighted by molar-refractivity contribution is -0.117. The molecule has 4 nitrogen and oxygen atoms in total. The summed E-state index contributed by atoms with van der Waals surface area (Å²) in [7, 11) is 0. The molecule has 1 aliphatic heterocycles. The van der Waals surface area contributed by atoms with Crippen molar-refractivity contribution in [2.45, 2.75) is 13.0 Å². The third kappa shape index (κ3) is 2.28. The molecule has 0 saturated carbocycles. The highest BCUT2D eigenvalue weighted by Crippen LogP contribution is 2.32. The van der Waals surface area contributed by atoms with E-state index in [4.69, 9.17) is 10.5 Å². The van der Waals surface area contributed by atoms with Crippen molar-refractivity contribution in [1.82, 2.24) is 0 Å². The van der Waals surface area contributed by atoms with E-state index in [0.717, 1.165) is 11.4 Å². The number of carbonyl (C=O) groups excluding carboxylic acids is 1. The lowest BCUT2D eigenvalue weighted by Crippen LogP contribution is -2.44. The smallest absolute Gasteiger partial charge is 0.240 e. The predicted molar refractivity (Wildman–Crippen MR) is 65.2 cm³/mol. The number of fused-ring (bicyclic) bond motifs is 1. The van der Waals surface area contributed by atoms with Gasteiger partial charge in [-0.25, -0.2) is 0 Å². The topological polar surface area (TPSA) is 55.6 Å². The zero-order chi connectivity index (χ0) is 10.8. The molecule has 5 heteroatoms. The summed E-state index contributed by atoms with van der Waals surface area (Å²) in [4.78, 5) is 13.3. The summed E-state index contributed by atoms with van der Waals surface area (Å²) < 4.78 is 5.62. The van der Waals surface area contributed by atoms with Gasteiger partial charge in [0.15, 0.2) is 0 Å². The molecule has 0 radical (unpaired) electrons. The van der Waals surface area contributed by atoms with Crippen molar-refractivity contribution < 1.29 is 9.53 Å². The number of hydrogen-bond acceptors (Lipinski definition) is 3. The molecule has 1 unspecified atom stereocenters. The Morgan fingerprint density at radius 1 is 1.56 bits per heavy atom. The third-order valence-electron chi connectivity index (χ3n) is 2.40. The van der Waals surface area contributed by atoms with Crippen molar-refractivity contribution in [3.8, 4) is 5.75 Å². The molecule has 2 rings (SSSR count). The quantitative estimate of drug-likeness (QED) is 0.805. The predicted octanol–water partition coefficient (Wildman–Crippen LogP) is 1.18. The van der Waals surface area contributed by atoms with Crippen LogP contribution in [0.15, 0.2) is 24.3 Å². The minimum Gasteiger partial charge on any atom is -0.487 e. The summed E-state index contributed by atoms with van der Waals surface area (Å²) in [6.07, 6.45) is 0.00963. The lowest BCUT2D eigenvalue weighted by Gasteiger charge is -2.33. The van der Waals surface area contributed by atoms with Gasteiger partial charge in [-0.3, -0.25) is 4.79 Å². The molecule has 0 aliphatic carbocycles. The molecule has 1 aromatic rings. The molecule has 1 aliphatic rings. The largest absolute Gasteiger partial charge is 0.487 e. The van der Waals surface area contributed by atoms with Gasteiger partial charge in [-0.05, 0) is 19.1 Å². The van der Waals surface area contributed by atoms with Crippen molar-refractivity contribution in [1.29, 1.82) is 0 Å². The van der Waals surface area contributed by atoms with E-state index < -0.39 is 0 Å². The van der Waals surface area contributed by atoms with Crippen molar-refractivity contribution in [3.63, 3.8) is 0 Å². The van der Waals surface area contributed by atoms with E-state index >= 15 is 0 Å². The minimum absolute atomic E-state index is 0. The first-order chi connectivity index (χ1) is 7.22. The number of carbonyl (C=O) groups is 1. The Bertz CT molecular complexity index is 384. The molecule has 0 aromatic heterocycles. The zero-order valence-electron chi connectivity index (χ0n) is 9.05. The molecule has 1 atom stereocenters. The average molecular weight is 243 g/mol. The Morgan fingerprint density at radius 3 is 2.94 bits per heavy atom. The van der Waals surface area contributed by atoms with Crippen LogP contribution in [0.2, 0.25) is 0 Å². The molecule has 1 amide bonds. The summed E-state index contributed by atoms with van der Waals surface area (Å²) in [5.41, 5.74) is 6.18. The molecule has 1 aromatic carbocycles. The molecule has 0 saturated heterocycles. The summed E-state index contributed by atoms with van der Waals surface area (Å²) in [5.74, 6) is 0.677. The molecule has 88 valence electrons. The van der Waals surface area contributed by atoms with Crippen LogP contribution < -0.4 is 15.4 Å². The van der Waals surface area contributed by atoms with Crippen LogP contribution in [0.5, 0.6) is 5.75 Å². The van der Waals surface area contributed by atoms with E-state index in [1.165, 1.54) is 0 Å². The van der Waals surface area contributed by atoms with Crippen molar-refractivity contribution in [3.05, 3.63) is 24.3 Å². The van der Waals surface area contributed by atoms with E-state index in [2.05, 4.69) is 0 Å². The van der Waals surface area contributed by atoms with Crippen LogP contribution in [0.4, 0.5) is 5.69 Å². The van der Waals surface area contributed by atoms with Crippen LogP contribution >= 0.6 is 12.4 Å². The summed E-state index contributed by atoms with van der Waals surface area (Å²) in [6.45, 7) is 2.53. The number of rotatable bonds is 1. The second-order valence-corrected chi connectivity index (χ2v) is 3.60. The Balaban J connectivity index is 0.00000128. The summed E-state index contributed by atoms with van der Waals surface area (Å²) >= 11 is 0. The Kier molecular flexibility index (Phi) is 4.15. The van der Waals surface area contributed by atoms with E-state index in [1.54, 1.807) is 4.90 Å². The fraction of sp³-hybridized carbons (Fsp3) is 0.364. The fourth-order valence-electron chi connectivity index (χ4n) is 1.74. The number of nitrogens with zero attached hydrogens (tertiary/aromatic N) is 1. The van der Waals surface area contributed by atoms with E-state index in [1.807, 2.05) is 31.2 Å². The van der Waals surface area contributed by atoms with Gasteiger partial charge in [0.05, 0.1) is 18.8 Å². The standard InChI is InChI=1S/C11H14N2O2.ClH/c1-8-7-13(11(14)6-12)9-4-2-3-5-10(9)15-8;/h2-5,8H,6-7,12H2,1H3;1H. The van der Waals surface area contributed by atoms with Gasteiger partial charge in [-0.1, -0.05) is 12.1 Å². The fourth-order valence-corrected chi connectivity index (χ4v) is 1.74. The molecule has 0 bridgehead atoms. The van der Waals surface area contributed by atoms with E-state index in [9.17, 15) is 4.79 Å². The molecule has 1 heterocycles. The molecule has 0 fully saturated rings. The van der Waals surface area contributed by atoms with Crippen LogP contribution in [-0.4, -0.2) is 25.1 Å². The zero-order valence-corrected chi connectivity index (χ0v) is 9.87. The highest BCUT2D eigenvalue weighted by atomic mass is 35.5. The lowest BCUT2D eigenvalue weighted by atomic mass is 10.2. The number of anilines is 1. The number of ether oxygens (including phenoxy) is 1. The maximum absolute atomic E-state index is 11.6. The molecular weight excluding hydrogens is 228 g/mol. The van der Waals surface area contributed by atoms with Gasteiger partial charge in [-0.15, -0.1) is 12.4 Å². The van der Waals surface area contributed by atoms with Gasteiger partial charge < -0.3 is 15.4 Å². The number of para-hydroxylation sites is 2. The number of halogens is 1. The first-order valence-electron chi connectivity index (χ1n) is 4.98. The molecule has 2 N–H and O–H groups in total. The third-order valence-corrected chi connectivity index (χ3v) is 2.40. The van der Waals surface area contributed by atoms with Crippen LogP contribution in [0.1, 0.15) is 6.92 Å². The van der Waals surface area contributed by atoms with Crippen molar-refractivity contribution in [2.24, 2.45) is 5.73 Å². The minimum atomic E-state index is -0.0717. The first kappa shape index (κ1) is 12.8. The van der Waals surface area contributed by atoms with Crippen LogP contribution in [0.3, 0.4) is 0 Å². The molecular formula is C11H15ClN2O2. The van der Waals surface area contributed by atoms with Gasteiger partial charge in [0.2, 0.25) is 5.91 Å². The van der Waals surface area contributed by atoms with Gasteiger partial charge in [0.1, 0.15) is 11.9 Å². The normalized spacial score (nSPS) is 18.1.